The molecule has 0 fully saturated rings. The second-order valence-electron chi connectivity index (χ2n) is 5.59. The largest absolute Gasteiger partial charge is 0.493 e. The van der Waals surface area contributed by atoms with Gasteiger partial charge in [0, 0.05) is 24.9 Å². The minimum atomic E-state index is -0.0431. The van der Waals surface area contributed by atoms with Gasteiger partial charge in [0.15, 0.2) is 0 Å². The van der Waals surface area contributed by atoms with Crippen LogP contribution in [0.25, 0.3) is 0 Å². The minimum Gasteiger partial charge on any atom is -0.493 e. The van der Waals surface area contributed by atoms with E-state index < -0.39 is 0 Å². The monoisotopic (exact) mass is 249 g/mol. The van der Waals surface area contributed by atoms with Crippen molar-refractivity contribution in [3.63, 3.8) is 0 Å². The number of anilines is 1. The molecule has 0 saturated carbocycles. The summed E-state index contributed by atoms with van der Waals surface area (Å²) in [7, 11) is 2.08. The third kappa shape index (κ3) is 2.61. The average Bonchev–Trinajstić information content (AvgIpc) is 2.37. The van der Waals surface area contributed by atoms with E-state index in [0.29, 0.717) is 0 Å². The van der Waals surface area contributed by atoms with Crippen molar-refractivity contribution in [1.82, 2.24) is 0 Å². The molecule has 3 nitrogen and oxygen atoms in total. The number of nitrogens with zero attached hydrogens (tertiary/aromatic N) is 1. The lowest BCUT2D eigenvalue weighted by atomic mass is 9.97. The topological polar surface area (TPSA) is 32.7 Å². The van der Waals surface area contributed by atoms with E-state index in [0.717, 1.165) is 31.6 Å². The fourth-order valence-electron chi connectivity index (χ4n) is 2.35. The van der Waals surface area contributed by atoms with Crippen molar-refractivity contribution in [2.75, 3.05) is 25.2 Å². The van der Waals surface area contributed by atoms with E-state index in [1.165, 1.54) is 11.3 Å². The van der Waals surface area contributed by atoms with Crippen molar-refractivity contribution < 1.29 is 9.84 Å². The lowest BCUT2D eigenvalue weighted by molar-refractivity contribution is 0.250. The molecule has 1 aromatic carbocycles. The van der Waals surface area contributed by atoms with Gasteiger partial charge in [-0.2, -0.15) is 0 Å². The molecule has 1 aliphatic heterocycles. The molecular formula is C15H23NO2. The number of aliphatic hydroxyl groups is 1. The number of hydrogen-bond acceptors (Lipinski definition) is 3. The van der Waals surface area contributed by atoms with Crippen LogP contribution in [0.1, 0.15) is 32.3 Å². The van der Waals surface area contributed by atoms with Crippen LogP contribution in [-0.2, 0) is 6.42 Å². The highest BCUT2D eigenvalue weighted by Crippen LogP contribution is 2.32. The molecular weight excluding hydrogens is 226 g/mol. The molecule has 0 radical (unpaired) electrons. The molecule has 0 spiro atoms. The van der Waals surface area contributed by atoms with E-state index >= 15 is 0 Å². The molecule has 2 rings (SSSR count). The molecule has 1 aromatic rings. The summed E-state index contributed by atoms with van der Waals surface area (Å²) < 4.78 is 5.63. The summed E-state index contributed by atoms with van der Waals surface area (Å²) in [5, 5.41) is 9.14. The Morgan fingerprint density at radius 1 is 1.39 bits per heavy atom. The normalized spacial score (nSPS) is 14.9. The van der Waals surface area contributed by atoms with Gasteiger partial charge in [-0.05, 0) is 56.9 Å². The molecule has 3 heteroatoms. The SMILES string of the molecule is CN(c1ccc2c(c1)CCCO2)C(C)(C)CCO. The molecule has 0 saturated heterocycles. The average molecular weight is 249 g/mol. The van der Waals surface area contributed by atoms with Crippen LogP contribution in [0.15, 0.2) is 18.2 Å². The highest BCUT2D eigenvalue weighted by molar-refractivity contribution is 5.54. The maximum atomic E-state index is 9.14. The van der Waals surface area contributed by atoms with Crippen LogP contribution in [0.3, 0.4) is 0 Å². The number of aryl methyl sites for hydroxylation is 1. The third-order valence-electron chi connectivity index (χ3n) is 3.91. The quantitative estimate of drug-likeness (QED) is 0.890. The first-order chi connectivity index (χ1) is 8.54. The van der Waals surface area contributed by atoms with Crippen molar-refractivity contribution in [3.05, 3.63) is 23.8 Å². The van der Waals surface area contributed by atoms with Crippen molar-refractivity contribution in [2.24, 2.45) is 0 Å². The van der Waals surface area contributed by atoms with Crippen molar-refractivity contribution in [2.45, 2.75) is 38.6 Å². The standard InChI is InChI=1S/C15H23NO2/c1-15(2,8-9-17)16(3)13-6-7-14-12(11-13)5-4-10-18-14/h6-7,11,17H,4-5,8-10H2,1-3H3. The van der Waals surface area contributed by atoms with E-state index in [1.807, 2.05) is 0 Å². The molecule has 1 N–H and O–H groups in total. The van der Waals surface area contributed by atoms with Gasteiger partial charge in [-0.15, -0.1) is 0 Å². The maximum Gasteiger partial charge on any atom is 0.122 e. The predicted molar refractivity (Wildman–Crippen MR) is 74.4 cm³/mol. The number of aliphatic hydroxyl groups excluding tert-OH is 1. The smallest absolute Gasteiger partial charge is 0.122 e. The summed E-state index contributed by atoms with van der Waals surface area (Å²) in [6.45, 7) is 5.35. The summed E-state index contributed by atoms with van der Waals surface area (Å²) in [5.74, 6) is 1.03. The van der Waals surface area contributed by atoms with Gasteiger partial charge < -0.3 is 14.7 Å². The van der Waals surface area contributed by atoms with E-state index in [2.05, 4.69) is 44.0 Å². The highest BCUT2D eigenvalue weighted by Gasteiger charge is 2.24. The number of hydrogen-bond donors (Lipinski definition) is 1. The van der Waals surface area contributed by atoms with E-state index in [1.54, 1.807) is 0 Å². The first-order valence-electron chi connectivity index (χ1n) is 6.65. The third-order valence-corrected chi connectivity index (χ3v) is 3.91. The van der Waals surface area contributed by atoms with Gasteiger partial charge in [-0.25, -0.2) is 0 Å². The Labute approximate surface area is 109 Å². The molecule has 0 aromatic heterocycles. The van der Waals surface area contributed by atoms with Crippen LogP contribution in [0, 0.1) is 0 Å². The zero-order chi connectivity index (χ0) is 13.2. The van der Waals surface area contributed by atoms with Crippen molar-refractivity contribution in [3.8, 4) is 5.75 Å². The van der Waals surface area contributed by atoms with Crippen LogP contribution >= 0.6 is 0 Å². The van der Waals surface area contributed by atoms with Gasteiger partial charge >= 0.3 is 0 Å². The van der Waals surface area contributed by atoms with Gasteiger partial charge in [0.1, 0.15) is 5.75 Å². The number of rotatable bonds is 4. The zero-order valence-electron chi connectivity index (χ0n) is 11.6. The van der Waals surface area contributed by atoms with Gasteiger partial charge in [-0.1, -0.05) is 0 Å². The van der Waals surface area contributed by atoms with Crippen LogP contribution in [0.2, 0.25) is 0 Å². The fraction of sp³-hybridized carbons (Fsp3) is 0.600. The van der Waals surface area contributed by atoms with Crippen LogP contribution < -0.4 is 9.64 Å². The van der Waals surface area contributed by atoms with E-state index in [9.17, 15) is 0 Å². The fourth-order valence-corrected chi connectivity index (χ4v) is 2.35. The molecule has 0 bridgehead atoms. The molecule has 0 aliphatic carbocycles. The number of ether oxygens (including phenoxy) is 1. The first kappa shape index (κ1) is 13.2. The van der Waals surface area contributed by atoms with Crippen molar-refractivity contribution in [1.29, 1.82) is 0 Å². The first-order valence-corrected chi connectivity index (χ1v) is 6.65. The second-order valence-corrected chi connectivity index (χ2v) is 5.59. The lowest BCUT2D eigenvalue weighted by Crippen LogP contribution is -2.42. The van der Waals surface area contributed by atoms with Crippen LogP contribution in [-0.4, -0.2) is 30.9 Å². The highest BCUT2D eigenvalue weighted by atomic mass is 16.5. The minimum absolute atomic E-state index is 0.0431. The van der Waals surface area contributed by atoms with Crippen LogP contribution in [0.4, 0.5) is 5.69 Å². The van der Waals surface area contributed by atoms with Gasteiger partial charge in [0.05, 0.1) is 6.61 Å². The molecule has 1 heterocycles. The second kappa shape index (κ2) is 5.19. The summed E-state index contributed by atoms with van der Waals surface area (Å²) in [5.41, 5.74) is 2.45. The van der Waals surface area contributed by atoms with E-state index in [-0.39, 0.29) is 12.1 Å². The summed E-state index contributed by atoms with van der Waals surface area (Å²) in [6.07, 6.45) is 2.95. The molecule has 1 aliphatic rings. The molecule has 100 valence electrons. The molecule has 0 unspecified atom stereocenters. The Hall–Kier alpha value is -1.22. The van der Waals surface area contributed by atoms with Gasteiger partial charge in [-0.3, -0.25) is 0 Å². The molecule has 0 atom stereocenters. The van der Waals surface area contributed by atoms with Crippen molar-refractivity contribution >= 4 is 5.69 Å². The van der Waals surface area contributed by atoms with Crippen LogP contribution in [0.5, 0.6) is 5.75 Å². The Morgan fingerprint density at radius 3 is 2.89 bits per heavy atom. The number of fused-ring (bicyclic) bond motifs is 1. The number of benzene rings is 1. The summed E-state index contributed by atoms with van der Waals surface area (Å²) in [4.78, 5) is 2.23. The Kier molecular flexibility index (Phi) is 3.81. The van der Waals surface area contributed by atoms with E-state index in [4.69, 9.17) is 9.84 Å². The zero-order valence-corrected chi connectivity index (χ0v) is 11.6. The Balaban J connectivity index is 2.23. The Bertz CT molecular complexity index is 415. The lowest BCUT2D eigenvalue weighted by Gasteiger charge is -2.37. The molecule has 18 heavy (non-hydrogen) atoms. The Morgan fingerprint density at radius 2 is 2.17 bits per heavy atom. The summed E-state index contributed by atoms with van der Waals surface area (Å²) in [6, 6.07) is 6.38. The van der Waals surface area contributed by atoms with Gasteiger partial charge in [0.25, 0.3) is 0 Å². The van der Waals surface area contributed by atoms with Gasteiger partial charge in [0.2, 0.25) is 0 Å². The molecule has 0 amide bonds. The predicted octanol–water partition coefficient (Wildman–Crippen LogP) is 2.61. The summed E-state index contributed by atoms with van der Waals surface area (Å²) >= 11 is 0. The maximum absolute atomic E-state index is 9.14.